The Morgan fingerprint density at radius 2 is 2.00 bits per heavy atom. The highest BCUT2D eigenvalue weighted by Crippen LogP contribution is 2.47. The van der Waals surface area contributed by atoms with E-state index >= 15 is 0 Å². The molecule has 7 nitrogen and oxygen atoms in total. The SMILES string of the molecule is COc1ccccc1C1c2ccc(O)cc2Oc2ncn(Cc3ccco3)c(=N)c21. The Labute approximate surface area is 172 Å². The summed E-state index contributed by atoms with van der Waals surface area (Å²) in [5.41, 5.74) is 2.62. The van der Waals surface area contributed by atoms with Crippen molar-refractivity contribution >= 4 is 0 Å². The second-order valence-electron chi connectivity index (χ2n) is 7.02. The molecular weight excluding hydrogens is 382 g/mol. The molecule has 0 bridgehead atoms. The first kappa shape index (κ1) is 18.1. The molecule has 1 atom stereocenters. The average molecular weight is 401 g/mol. The molecule has 0 saturated carbocycles. The van der Waals surface area contributed by atoms with Gasteiger partial charge in [-0.25, -0.2) is 4.98 Å². The molecule has 0 aliphatic carbocycles. The van der Waals surface area contributed by atoms with Crippen molar-refractivity contribution in [2.45, 2.75) is 12.5 Å². The van der Waals surface area contributed by atoms with Crippen molar-refractivity contribution in [1.82, 2.24) is 9.55 Å². The smallest absolute Gasteiger partial charge is 0.228 e. The van der Waals surface area contributed by atoms with E-state index < -0.39 is 0 Å². The molecule has 0 amide bonds. The predicted octanol–water partition coefficient (Wildman–Crippen LogP) is 4.00. The fourth-order valence-electron chi connectivity index (χ4n) is 3.87. The van der Waals surface area contributed by atoms with E-state index in [9.17, 15) is 5.11 Å². The van der Waals surface area contributed by atoms with E-state index in [1.807, 2.05) is 42.5 Å². The third kappa shape index (κ3) is 2.91. The summed E-state index contributed by atoms with van der Waals surface area (Å²) >= 11 is 0. The van der Waals surface area contributed by atoms with Crippen molar-refractivity contribution in [3.05, 3.63) is 95.1 Å². The topological polar surface area (TPSA) is 93.5 Å². The summed E-state index contributed by atoms with van der Waals surface area (Å²) in [4.78, 5) is 4.48. The molecule has 0 saturated heterocycles. The van der Waals surface area contributed by atoms with Crippen molar-refractivity contribution in [2.75, 3.05) is 7.11 Å². The number of phenols is 1. The highest BCUT2D eigenvalue weighted by Gasteiger charge is 2.33. The summed E-state index contributed by atoms with van der Waals surface area (Å²) in [6.07, 6.45) is 3.17. The number of furan rings is 1. The molecule has 0 fully saturated rings. The second-order valence-corrected chi connectivity index (χ2v) is 7.02. The van der Waals surface area contributed by atoms with Crippen molar-refractivity contribution in [3.8, 4) is 23.1 Å². The molecule has 1 unspecified atom stereocenters. The van der Waals surface area contributed by atoms with Crippen LogP contribution in [0, 0.1) is 5.41 Å². The van der Waals surface area contributed by atoms with Crippen molar-refractivity contribution in [1.29, 1.82) is 5.41 Å². The minimum atomic E-state index is -0.343. The summed E-state index contributed by atoms with van der Waals surface area (Å²) in [5.74, 6) is 2.04. The number of hydrogen-bond donors (Lipinski definition) is 2. The number of ether oxygens (including phenoxy) is 2. The van der Waals surface area contributed by atoms with Crippen LogP contribution in [0.15, 0.2) is 71.6 Å². The first-order valence-electron chi connectivity index (χ1n) is 9.45. The first-order chi connectivity index (χ1) is 14.7. The zero-order chi connectivity index (χ0) is 20.7. The minimum Gasteiger partial charge on any atom is -0.508 e. The van der Waals surface area contributed by atoms with Crippen molar-refractivity contribution < 1.29 is 19.0 Å². The number of aromatic hydroxyl groups is 1. The molecule has 150 valence electrons. The molecule has 0 spiro atoms. The second kappa shape index (κ2) is 7.11. The van der Waals surface area contributed by atoms with Crippen LogP contribution in [0.25, 0.3) is 0 Å². The zero-order valence-corrected chi connectivity index (χ0v) is 16.2. The van der Waals surface area contributed by atoms with E-state index in [0.717, 1.165) is 16.9 Å². The fourth-order valence-corrected chi connectivity index (χ4v) is 3.87. The van der Waals surface area contributed by atoms with E-state index in [4.69, 9.17) is 19.3 Å². The third-order valence-electron chi connectivity index (χ3n) is 5.25. The summed E-state index contributed by atoms with van der Waals surface area (Å²) in [5, 5.41) is 18.9. The predicted molar refractivity (Wildman–Crippen MR) is 108 cm³/mol. The Morgan fingerprint density at radius 3 is 2.80 bits per heavy atom. The average Bonchev–Trinajstić information content (AvgIpc) is 3.27. The molecular formula is C23H19N3O4. The molecule has 2 N–H and O–H groups in total. The van der Waals surface area contributed by atoms with E-state index in [2.05, 4.69) is 4.98 Å². The van der Waals surface area contributed by atoms with Crippen LogP contribution in [0.2, 0.25) is 0 Å². The van der Waals surface area contributed by atoms with Gasteiger partial charge in [-0.2, -0.15) is 0 Å². The summed E-state index contributed by atoms with van der Waals surface area (Å²) in [6.45, 7) is 0.382. The molecule has 2 aromatic heterocycles. The lowest BCUT2D eigenvalue weighted by Gasteiger charge is -2.29. The van der Waals surface area contributed by atoms with Crippen LogP contribution in [0.5, 0.6) is 23.1 Å². The molecule has 30 heavy (non-hydrogen) atoms. The van der Waals surface area contributed by atoms with E-state index in [1.165, 1.54) is 0 Å². The normalized spacial score (nSPS) is 14.5. The van der Waals surface area contributed by atoms with E-state index in [0.29, 0.717) is 29.5 Å². The fraction of sp³-hybridized carbons (Fsp3) is 0.130. The number of hydrogen-bond acceptors (Lipinski definition) is 6. The highest BCUT2D eigenvalue weighted by atomic mass is 16.5. The standard InChI is InChI=1S/C23H19N3O4/c1-28-18-7-3-2-6-16(18)20-17-9-8-14(27)11-19(17)30-23-21(20)22(24)26(13-25-23)12-15-5-4-10-29-15/h2-11,13,20,24,27H,12H2,1H3. The van der Waals surface area contributed by atoms with E-state index in [1.54, 1.807) is 36.4 Å². The number of rotatable bonds is 4. The Balaban J connectivity index is 1.74. The quantitative estimate of drug-likeness (QED) is 0.475. The molecule has 5 rings (SSSR count). The van der Waals surface area contributed by atoms with E-state index in [-0.39, 0.29) is 17.2 Å². The van der Waals surface area contributed by atoms with Gasteiger partial charge in [0.05, 0.1) is 31.4 Å². The zero-order valence-electron chi connectivity index (χ0n) is 16.2. The summed E-state index contributed by atoms with van der Waals surface area (Å²) in [6, 6.07) is 16.4. The van der Waals surface area contributed by atoms with Crippen LogP contribution in [0.1, 0.15) is 28.4 Å². The van der Waals surface area contributed by atoms with Crippen molar-refractivity contribution in [2.24, 2.45) is 0 Å². The minimum absolute atomic E-state index is 0.103. The number of phenolic OH excluding ortho intramolecular Hbond substituents is 1. The highest BCUT2D eigenvalue weighted by molar-refractivity contribution is 5.59. The van der Waals surface area contributed by atoms with Gasteiger partial charge in [-0.3, -0.25) is 5.41 Å². The Morgan fingerprint density at radius 1 is 1.13 bits per heavy atom. The van der Waals surface area contributed by atoms with Crippen LogP contribution >= 0.6 is 0 Å². The van der Waals surface area contributed by atoms with Gasteiger partial charge in [-0.05, 0) is 24.3 Å². The summed E-state index contributed by atoms with van der Waals surface area (Å²) < 4.78 is 18.8. The van der Waals surface area contributed by atoms with Gasteiger partial charge in [-0.1, -0.05) is 24.3 Å². The third-order valence-corrected chi connectivity index (χ3v) is 5.25. The number of nitrogens with one attached hydrogen (secondary N) is 1. The number of para-hydroxylation sites is 1. The van der Waals surface area contributed by atoms with Gasteiger partial charge in [0, 0.05) is 17.2 Å². The van der Waals surface area contributed by atoms with Gasteiger partial charge in [0.1, 0.15) is 34.8 Å². The van der Waals surface area contributed by atoms with Gasteiger partial charge < -0.3 is 23.6 Å². The largest absolute Gasteiger partial charge is 0.508 e. The molecule has 3 heterocycles. The van der Waals surface area contributed by atoms with Crippen LogP contribution < -0.4 is 15.0 Å². The van der Waals surface area contributed by atoms with Crippen LogP contribution in [0.4, 0.5) is 0 Å². The molecule has 1 aliphatic rings. The molecule has 2 aromatic carbocycles. The van der Waals surface area contributed by atoms with Gasteiger partial charge in [0.15, 0.2) is 0 Å². The van der Waals surface area contributed by atoms with Crippen LogP contribution in [0.3, 0.4) is 0 Å². The van der Waals surface area contributed by atoms with Crippen molar-refractivity contribution in [3.63, 3.8) is 0 Å². The summed E-state index contributed by atoms with van der Waals surface area (Å²) in [7, 11) is 1.62. The number of nitrogens with zero attached hydrogens (tertiary/aromatic N) is 2. The van der Waals surface area contributed by atoms with Crippen LogP contribution in [-0.2, 0) is 6.54 Å². The molecule has 4 aromatic rings. The number of benzene rings is 2. The Hall–Kier alpha value is -4.00. The van der Waals surface area contributed by atoms with Gasteiger partial charge >= 0.3 is 0 Å². The Bertz CT molecular complexity index is 1280. The maximum absolute atomic E-state index is 9.96. The lowest BCUT2D eigenvalue weighted by atomic mass is 9.83. The lowest BCUT2D eigenvalue weighted by molar-refractivity contribution is 0.397. The maximum atomic E-state index is 9.96. The number of methoxy groups -OCH3 is 1. The first-order valence-corrected chi connectivity index (χ1v) is 9.45. The molecule has 1 aliphatic heterocycles. The monoisotopic (exact) mass is 401 g/mol. The van der Waals surface area contributed by atoms with Gasteiger partial charge in [-0.15, -0.1) is 0 Å². The Kier molecular flexibility index (Phi) is 4.28. The van der Waals surface area contributed by atoms with Crippen LogP contribution in [-0.4, -0.2) is 21.8 Å². The number of fused-ring (bicyclic) bond motifs is 2. The van der Waals surface area contributed by atoms with Gasteiger partial charge in [0.25, 0.3) is 0 Å². The number of aromatic nitrogens is 2. The molecule has 0 radical (unpaired) electrons. The van der Waals surface area contributed by atoms with Gasteiger partial charge in [0.2, 0.25) is 5.88 Å². The maximum Gasteiger partial charge on any atom is 0.228 e. The lowest BCUT2D eigenvalue weighted by Crippen LogP contribution is -2.30. The molecule has 7 heteroatoms.